The quantitative estimate of drug-likeness (QED) is 0.441. The lowest BCUT2D eigenvalue weighted by Crippen LogP contribution is -2.37. The summed E-state index contributed by atoms with van der Waals surface area (Å²) in [7, 11) is 0. The van der Waals surface area contributed by atoms with Crippen LogP contribution in [0.1, 0.15) is 22.8 Å². The molecule has 0 aliphatic rings. The molecule has 0 spiro atoms. The van der Waals surface area contributed by atoms with E-state index in [1.165, 1.54) is 25.1 Å². The van der Waals surface area contributed by atoms with Gasteiger partial charge in [0.05, 0.1) is 4.92 Å². The fourth-order valence-electron chi connectivity index (χ4n) is 2.23. The standard InChI is InChI=1S/C18H16ClFN2O5/c1-11(17(23)21-9-8-12-2-5-14(20)6-3-12)27-18(24)15-10-13(19)4-7-16(15)22(25)26/h2-7,10-11H,8-9H2,1H3,(H,21,23)/t11-/m0/s1. The summed E-state index contributed by atoms with van der Waals surface area (Å²) < 4.78 is 17.8. The van der Waals surface area contributed by atoms with Crippen LogP contribution in [0, 0.1) is 15.9 Å². The van der Waals surface area contributed by atoms with Gasteiger partial charge >= 0.3 is 5.97 Å². The number of rotatable bonds is 7. The van der Waals surface area contributed by atoms with Crippen molar-refractivity contribution in [2.75, 3.05) is 6.54 Å². The smallest absolute Gasteiger partial charge is 0.345 e. The highest BCUT2D eigenvalue weighted by Crippen LogP contribution is 2.23. The Bertz CT molecular complexity index is 857. The molecule has 0 aliphatic heterocycles. The Morgan fingerprint density at radius 1 is 1.26 bits per heavy atom. The molecule has 2 aromatic rings. The van der Waals surface area contributed by atoms with Crippen molar-refractivity contribution < 1.29 is 23.6 Å². The topological polar surface area (TPSA) is 98.5 Å². The number of hydrogen-bond acceptors (Lipinski definition) is 5. The van der Waals surface area contributed by atoms with Crippen molar-refractivity contribution >= 4 is 29.2 Å². The maximum Gasteiger partial charge on any atom is 0.345 e. The van der Waals surface area contributed by atoms with Crippen molar-refractivity contribution in [2.45, 2.75) is 19.4 Å². The third kappa shape index (κ3) is 5.75. The number of nitro groups is 1. The number of nitro benzene ring substituents is 1. The van der Waals surface area contributed by atoms with E-state index in [1.54, 1.807) is 12.1 Å². The number of carbonyl (C=O) groups is 2. The van der Waals surface area contributed by atoms with Gasteiger partial charge in [0.25, 0.3) is 11.6 Å². The molecule has 0 aliphatic carbocycles. The average Bonchev–Trinajstić information content (AvgIpc) is 2.62. The molecule has 1 N–H and O–H groups in total. The summed E-state index contributed by atoms with van der Waals surface area (Å²) in [5.41, 5.74) is 0.0303. The lowest BCUT2D eigenvalue weighted by atomic mass is 10.1. The van der Waals surface area contributed by atoms with Gasteiger partial charge in [0.1, 0.15) is 11.4 Å². The molecular weight excluding hydrogens is 379 g/mol. The number of ether oxygens (including phenoxy) is 1. The first-order valence-electron chi connectivity index (χ1n) is 7.95. The molecule has 7 nitrogen and oxygen atoms in total. The Kier molecular flexibility index (Phi) is 6.84. The molecule has 0 aromatic heterocycles. The third-order valence-electron chi connectivity index (χ3n) is 3.65. The molecule has 142 valence electrons. The molecule has 1 atom stereocenters. The monoisotopic (exact) mass is 394 g/mol. The van der Waals surface area contributed by atoms with E-state index in [2.05, 4.69) is 5.32 Å². The van der Waals surface area contributed by atoms with Gasteiger partial charge in [0.2, 0.25) is 0 Å². The van der Waals surface area contributed by atoms with Crippen molar-refractivity contribution in [1.82, 2.24) is 5.32 Å². The van der Waals surface area contributed by atoms with E-state index in [9.17, 15) is 24.1 Å². The summed E-state index contributed by atoms with van der Waals surface area (Å²) in [6, 6.07) is 9.32. The Balaban J connectivity index is 1.92. The van der Waals surface area contributed by atoms with Gasteiger partial charge in [-0.05, 0) is 43.2 Å². The van der Waals surface area contributed by atoms with Crippen LogP contribution in [0.15, 0.2) is 42.5 Å². The zero-order chi connectivity index (χ0) is 20.0. The van der Waals surface area contributed by atoms with Crippen LogP contribution in [0.3, 0.4) is 0 Å². The first-order valence-corrected chi connectivity index (χ1v) is 8.33. The zero-order valence-electron chi connectivity index (χ0n) is 14.3. The van der Waals surface area contributed by atoms with E-state index in [0.717, 1.165) is 17.7 Å². The maximum absolute atomic E-state index is 12.8. The Morgan fingerprint density at radius 2 is 1.93 bits per heavy atom. The lowest BCUT2D eigenvalue weighted by molar-refractivity contribution is -0.385. The number of amides is 1. The van der Waals surface area contributed by atoms with Crippen molar-refractivity contribution in [3.05, 3.63) is 74.5 Å². The summed E-state index contributed by atoms with van der Waals surface area (Å²) in [5, 5.41) is 13.7. The molecule has 0 fully saturated rings. The molecule has 0 unspecified atom stereocenters. The number of nitrogens with one attached hydrogen (secondary N) is 1. The van der Waals surface area contributed by atoms with Gasteiger partial charge in [-0.1, -0.05) is 23.7 Å². The molecular formula is C18H16ClFN2O5. The third-order valence-corrected chi connectivity index (χ3v) is 3.89. The van der Waals surface area contributed by atoms with Crippen molar-refractivity contribution in [2.24, 2.45) is 0 Å². The molecule has 0 heterocycles. The van der Waals surface area contributed by atoms with Crippen molar-refractivity contribution in [1.29, 1.82) is 0 Å². The summed E-state index contributed by atoms with van der Waals surface area (Å²) in [5.74, 6) is -1.93. The van der Waals surface area contributed by atoms with E-state index >= 15 is 0 Å². The maximum atomic E-state index is 12.8. The minimum absolute atomic E-state index is 0.129. The number of hydrogen-bond donors (Lipinski definition) is 1. The number of carbonyl (C=O) groups excluding carboxylic acids is 2. The molecule has 27 heavy (non-hydrogen) atoms. The van der Waals surface area contributed by atoms with E-state index in [1.807, 2.05) is 0 Å². The molecule has 0 saturated heterocycles. The summed E-state index contributed by atoms with van der Waals surface area (Å²) in [6.45, 7) is 1.60. The first kappa shape index (κ1) is 20.3. The van der Waals surface area contributed by atoms with Gasteiger partial charge < -0.3 is 10.1 Å². The van der Waals surface area contributed by atoms with Gasteiger partial charge in [0, 0.05) is 17.6 Å². The molecule has 9 heteroatoms. The number of nitrogens with zero attached hydrogens (tertiary/aromatic N) is 1. The van der Waals surface area contributed by atoms with Gasteiger partial charge in [0.15, 0.2) is 6.10 Å². The Hall–Kier alpha value is -3.00. The van der Waals surface area contributed by atoms with Crippen molar-refractivity contribution in [3.8, 4) is 0 Å². The van der Waals surface area contributed by atoms with Crippen LogP contribution in [0.2, 0.25) is 5.02 Å². The molecule has 0 saturated carbocycles. The van der Waals surface area contributed by atoms with Crippen molar-refractivity contribution in [3.63, 3.8) is 0 Å². The zero-order valence-corrected chi connectivity index (χ0v) is 15.0. The normalized spacial score (nSPS) is 11.5. The largest absolute Gasteiger partial charge is 0.449 e. The van der Waals surface area contributed by atoms with Crippen LogP contribution in [0.25, 0.3) is 0 Å². The number of benzene rings is 2. The summed E-state index contributed by atoms with van der Waals surface area (Å²) in [4.78, 5) is 34.5. The summed E-state index contributed by atoms with van der Waals surface area (Å²) in [6.07, 6.45) is -0.698. The molecule has 1 amide bonds. The van der Waals surface area contributed by atoms with E-state index in [0.29, 0.717) is 6.42 Å². The minimum Gasteiger partial charge on any atom is -0.449 e. The second kappa shape index (κ2) is 9.09. The number of esters is 1. The highest BCUT2D eigenvalue weighted by atomic mass is 35.5. The van der Waals surface area contributed by atoms with Crippen LogP contribution >= 0.6 is 11.6 Å². The van der Waals surface area contributed by atoms with E-state index < -0.39 is 28.6 Å². The van der Waals surface area contributed by atoms with Gasteiger partial charge in [-0.15, -0.1) is 0 Å². The highest BCUT2D eigenvalue weighted by Gasteiger charge is 2.25. The van der Waals surface area contributed by atoms with Crippen LogP contribution < -0.4 is 5.32 Å². The van der Waals surface area contributed by atoms with Crippen LogP contribution in [0.5, 0.6) is 0 Å². The lowest BCUT2D eigenvalue weighted by Gasteiger charge is -2.13. The second-order valence-electron chi connectivity index (χ2n) is 5.63. The average molecular weight is 395 g/mol. The summed E-state index contributed by atoms with van der Waals surface area (Å²) >= 11 is 5.77. The van der Waals surface area contributed by atoms with Crippen LogP contribution in [-0.4, -0.2) is 29.4 Å². The van der Waals surface area contributed by atoms with Gasteiger partial charge in [-0.2, -0.15) is 0 Å². The molecule has 2 rings (SSSR count). The minimum atomic E-state index is -1.16. The SMILES string of the molecule is C[C@H](OC(=O)c1cc(Cl)ccc1[N+](=O)[O-])C(=O)NCCc1ccc(F)cc1. The van der Waals surface area contributed by atoms with E-state index in [-0.39, 0.29) is 22.9 Å². The number of halogens is 2. The highest BCUT2D eigenvalue weighted by molar-refractivity contribution is 6.31. The Morgan fingerprint density at radius 3 is 2.56 bits per heavy atom. The van der Waals surface area contributed by atoms with Gasteiger partial charge in [-0.3, -0.25) is 14.9 Å². The Labute approximate surface area is 159 Å². The first-order chi connectivity index (χ1) is 12.8. The fraction of sp³-hybridized carbons (Fsp3) is 0.222. The predicted molar refractivity (Wildman–Crippen MR) is 96.1 cm³/mol. The van der Waals surface area contributed by atoms with Crippen LogP contribution in [-0.2, 0) is 16.0 Å². The fourth-order valence-corrected chi connectivity index (χ4v) is 2.41. The molecule has 0 radical (unpaired) electrons. The predicted octanol–water partition coefficient (Wildman–Crippen LogP) is 3.29. The van der Waals surface area contributed by atoms with E-state index in [4.69, 9.17) is 16.3 Å². The second-order valence-corrected chi connectivity index (χ2v) is 6.07. The molecule has 0 bridgehead atoms. The molecule has 2 aromatic carbocycles. The van der Waals surface area contributed by atoms with Crippen LogP contribution in [0.4, 0.5) is 10.1 Å². The van der Waals surface area contributed by atoms with Gasteiger partial charge in [-0.25, -0.2) is 9.18 Å².